The van der Waals surface area contributed by atoms with Crippen molar-refractivity contribution < 1.29 is 14.3 Å². The maximum Gasteiger partial charge on any atom is 0.343 e. The number of amides is 1. The van der Waals surface area contributed by atoms with Gasteiger partial charge in [-0.25, -0.2) is 10.2 Å². The van der Waals surface area contributed by atoms with Crippen LogP contribution >= 0.6 is 11.6 Å². The van der Waals surface area contributed by atoms with E-state index in [0.29, 0.717) is 21.9 Å². The molecule has 1 N–H and O–H groups in total. The molecule has 146 valence electrons. The Morgan fingerprint density at radius 3 is 2.41 bits per heavy atom. The van der Waals surface area contributed by atoms with Crippen molar-refractivity contribution in [3.05, 3.63) is 100 Å². The Balaban J connectivity index is 1.62. The van der Waals surface area contributed by atoms with Crippen LogP contribution < -0.4 is 10.2 Å². The molecule has 1 amide bonds. The highest BCUT2D eigenvalue weighted by Gasteiger charge is 2.11. The van der Waals surface area contributed by atoms with Gasteiger partial charge in [0, 0.05) is 10.6 Å². The molecule has 5 nitrogen and oxygen atoms in total. The molecule has 0 aliphatic heterocycles. The van der Waals surface area contributed by atoms with Crippen LogP contribution in [0, 0.1) is 6.92 Å². The molecule has 0 saturated carbocycles. The van der Waals surface area contributed by atoms with E-state index in [9.17, 15) is 9.59 Å². The Bertz CT molecular complexity index is 1030. The molecule has 3 aromatic rings. The number of halogens is 1. The third kappa shape index (κ3) is 6.02. The first-order valence-corrected chi connectivity index (χ1v) is 9.33. The van der Waals surface area contributed by atoms with Crippen LogP contribution in [-0.2, 0) is 11.2 Å². The normalized spacial score (nSPS) is 10.7. The largest absolute Gasteiger partial charge is 0.422 e. The molecular formula is C23H19ClN2O3. The van der Waals surface area contributed by atoms with Gasteiger partial charge in [0.25, 0.3) is 0 Å². The first-order chi connectivity index (χ1) is 14.0. The van der Waals surface area contributed by atoms with Crippen molar-refractivity contribution in [3.63, 3.8) is 0 Å². The van der Waals surface area contributed by atoms with E-state index in [-0.39, 0.29) is 12.3 Å². The molecule has 0 aromatic heterocycles. The SMILES string of the molecule is Cc1ccc(CC(=O)NN=Cc2ccccc2OC(=O)c2ccc(Cl)cc2)cc1. The monoisotopic (exact) mass is 406 g/mol. The second-order valence-corrected chi connectivity index (χ2v) is 6.83. The first kappa shape index (κ1) is 20.3. The third-order valence-electron chi connectivity index (χ3n) is 4.08. The van der Waals surface area contributed by atoms with Crippen molar-refractivity contribution in [2.45, 2.75) is 13.3 Å². The number of rotatable bonds is 6. The Kier molecular flexibility index (Phi) is 6.76. The predicted octanol–water partition coefficient (Wildman–Crippen LogP) is 4.56. The summed E-state index contributed by atoms with van der Waals surface area (Å²) in [4.78, 5) is 24.3. The molecule has 0 atom stereocenters. The fraction of sp³-hybridized carbons (Fsp3) is 0.0870. The fourth-order valence-electron chi connectivity index (χ4n) is 2.53. The van der Waals surface area contributed by atoms with Gasteiger partial charge in [0.15, 0.2) is 0 Å². The summed E-state index contributed by atoms with van der Waals surface area (Å²) in [6.45, 7) is 1.99. The molecule has 0 unspecified atom stereocenters. The number of para-hydroxylation sites is 1. The summed E-state index contributed by atoms with van der Waals surface area (Å²) in [5.41, 5.74) is 5.47. The molecule has 0 aliphatic rings. The Labute approximate surface area is 174 Å². The van der Waals surface area contributed by atoms with Crippen LogP contribution in [0.3, 0.4) is 0 Å². The number of ether oxygens (including phenoxy) is 1. The number of hydrazone groups is 1. The molecule has 29 heavy (non-hydrogen) atoms. The minimum absolute atomic E-state index is 0.227. The minimum Gasteiger partial charge on any atom is -0.422 e. The smallest absolute Gasteiger partial charge is 0.343 e. The van der Waals surface area contributed by atoms with Crippen molar-refractivity contribution in [3.8, 4) is 5.75 Å². The summed E-state index contributed by atoms with van der Waals surface area (Å²) in [5, 5.41) is 4.51. The van der Waals surface area contributed by atoms with E-state index in [1.807, 2.05) is 31.2 Å². The number of hydrogen-bond donors (Lipinski definition) is 1. The predicted molar refractivity (Wildman–Crippen MR) is 113 cm³/mol. The van der Waals surface area contributed by atoms with Crippen LogP contribution in [0.5, 0.6) is 5.75 Å². The summed E-state index contributed by atoms with van der Waals surface area (Å²) in [6.07, 6.45) is 1.67. The topological polar surface area (TPSA) is 67.8 Å². The lowest BCUT2D eigenvalue weighted by Crippen LogP contribution is -2.19. The highest BCUT2D eigenvalue weighted by atomic mass is 35.5. The highest BCUT2D eigenvalue weighted by molar-refractivity contribution is 6.30. The van der Waals surface area contributed by atoms with Gasteiger partial charge in [-0.05, 0) is 48.9 Å². The van der Waals surface area contributed by atoms with E-state index < -0.39 is 5.97 Å². The van der Waals surface area contributed by atoms with Gasteiger partial charge >= 0.3 is 5.97 Å². The molecule has 0 saturated heterocycles. The molecule has 0 bridgehead atoms. The van der Waals surface area contributed by atoms with Crippen molar-refractivity contribution in [1.29, 1.82) is 0 Å². The van der Waals surface area contributed by atoms with Gasteiger partial charge in [0.05, 0.1) is 18.2 Å². The number of aryl methyl sites for hydroxylation is 1. The number of nitrogens with one attached hydrogen (secondary N) is 1. The van der Waals surface area contributed by atoms with Gasteiger partial charge in [-0.2, -0.15) is 5.10 Å². The van der Waals surface area contributed by atoms with Crippen LogP contribution in [0.1, 0.15) is 27.0 Å². The Morgan fingerprint density at radius 1 is 1.00 bits per heavy atom. The van der Waals surface area contributed by atoms with Crippen molar-refractivity contribution in [1.82, 2.24) is 5.43 Å². The van der Waals surface area contributed by atoms with Gasteiger partial charge in [0.1, 0.15) is 5.75 Å². The van der Waals surface area contributed by atoms with Crippen LogP contribution in [0.2, 0.25) is 5.02 Å². The van der Waals surface area contributed by atoms with Crippen LogP contribution in [0.15, 0.2) is 77.9 Å². The number of benzene rings is 3. The van der Waals surface area contributed by atoms with E-state index in [1.165, 1.54) is 6.21 Å². The molecule has 6 heteroatoms. The molecule has 0 spiro atoms. The Hall–Kier alpha value is -3.44. The van der Waals surface area contributed by atoms with Crippen molar-refractivity contribution >= 4 is 29.7 Å². The molecule has 0 aliphatic carbocycles. The summed E-state index contributed by atoms with van der Waals surface area (Å²) in [5.74, 6) is -0.407. The lowest BCUT2D eigenvalue weighted by molar-refractivity contribution is -0.120. The standard InChI is InChI=1S/C23H19ClN2O3/c1-16-6-8-17(9-7-16)14-22(27)26-25-15-19-4-2-3-5-21(19)29-23(28)18-10-12-20(24)13-11-18/h2-13,15H,14H2,1H3,(H,26,27). The van der Waals surface area contributed by atoms with Crippen LogP contribution in [0.4, 0.5) is 0 Å². The summed E-state index contributed by atoms with van der Waals surface area (Å²) in [6, 6.07) is 21.1. The van der Waals surface area contributed by atoms with Gasteiger partial charge in [-0.15, -0.1) is 0 Å². The molecule has 3 rings (SSSR count). The minimum atomic E-state index is -0.508. The maximum absolute atomic E-state index is 12.3. The van der Waals surface area contributed by atoms with Crippen LogP contribution in [0.25, 0.3) is 0 Å². The van der Waals surface area contributed by atoms with Crippen molar-refractivity contribution in [2.24, 2.45) is 5.10 Å². The fourth-order valence-corrected chi connectivity index (χ4v) is 2.66. The van der Waals surface area contributed by atoms with Gasteiger partial charge in [-0.1, -0.05) is 53.6 Å². The van der Waals surface area contributed by atoms with E-state index in [0.717, 1.165) is 11.1 Å². The lowest BCUT2D eigenvalue weighted by atomic mass is 10.1. The number of esters is 1. The molecular weight excluding hydrogens is 388 g/mol. The molecule has 0 heterocycles. The van der Waals surface area contributed by atoms with Crippen molar-refractivity contribution in [2.75, 3.05) is 0 Å². The highest BCUT2D eigenvalue weighted by Crippen LogP contribution is 2.18. The van der Waals surface area contributed by atoms with E-state index in [1.54, 1.807) is 48.5 Å². The second kappa shape index (κ2) is 9.66. The van der Waals surface area contributed by atoms with Crippen LogP contribution in [-0.4, -0.2) is 18.1 Å². The van der Waals surface area contributed by atoms with Gasteiger partial charge < -0.3 is 4.74 Å². The third-order valence-corrected chi connectivity index (χ3v) is 4.33. The van der Waals surface area contributed by atoms with E-state index in [2.05, 4.69) is 10.5 Å². The zero-order chi connectivity index (χ0) is 20.6. The summed E-state index contributed by atoms with van der Waals surface area (Å²) < 4.78 is 5.45. The van der Waals surface area contributed by atoms with E-state index in [4.69, 9.17) is 16.3 Å². The molecule has 0 fully saturated rings. The maximum atomic E-state index is 12.3. The first-order valence-electron chi connectivity index (χ1n) is 8.95. The lowest BCUT2D eigenvalue weighted by Gasteiger charge is -2.07. The number of carbonyl (C=O) groups excluding carboxylic acids is 2. The zero-order valence-corrected chi connectivity index (χ0v) is 16.5. The van der Waals surface area contributed by atoms with Gasteiger partial charge in [0.2, 0.25) is 5.91 Å². The number of nitrogens with zero attached hydrogens (tertiary/aromatic N) is 1. The summed E-state index contributed by atoms with van der Waals surface area (Å²) in [7, 11) is 0. The number of hydrogen-bond acceptors (Lipinski definition) is 4. The number of carbonyl (C=O) groups is 2. The quantitative estimate of drug-likeness (QED) is 0.282. The second-order valence-electron chi connectivity index (χ2n) is 6.39. The Morgan fingerprint density at radius 2 is 1.69 bits per heavy atom. The van der Waals surface area contributed by atoms with Gasteiger partial charge in [-0.3, -0.25) is 4.79 Å². The van der Waals surface area contributed by atoms with E-state index >= 15 is 0 Å². The average Bonchev–Trinajstić information content (AvgIpc) is 2.71. The zero-order valence-electron chi connectivity index (χ0n) is 15.8. The summed E-state index contributed by atoms with van der Waals surface area (Å²) >= 11 is 5.84. The molecule has 0 radical (unpaired) electrons. The molecule has 3 aromatic carbocycles. The average molecular weight is 407 g/mol.